The second-order valence-corrected chi connectivity index (χ2v) is 2.95. The van der Waals surface area contributed by atoms with Crippen molar-refractivity contribution in [3.8, 4) is 0 Å². The van der Waals surface area contributed by atoms with Crippen LogP contribution < -0.4 is 5.73 Å². The minimum Gasteiger partial charge on any atom is -0.322 e. The van der Waals surface area contributed by atoms with E-state index in [-0.39, 0.29) is 0 Å². The molecule has 0 amide bonds. The molecule has 0 aliphatic heterocycles. The molecule has 2 N–H and O–H groups in total. The molecule has 0 fully saturated rings. The van der Waals surface area contributed by atoms with Crippen molar-refractivity contribution in [1.82, 2.24) is 4.98 Å². The first kappa shape index (κ1) is 11.8. The summed E-state index contributed by atoms with van der Waals surface area (Å²) in [6.45, 7) is 0. The number of nitrogens with zero attached hydrogens (tertiary/aromatic N) is 1. The molecular weight excluding hydrogens is 219 g/mol. The van der Waals surface area contributed by atoms with E-state index < -0.39 is 36.0 Å². The zero-order valence-electron chi connectivity index (χ0n) is 7.35. The van der Waals surface area contributed by atoms with Crippen LogP contribution in [0.5, 0.6) is 0 Å². The Morgan fingerprint density at radius 2 is 1.93 bits per heavy atom. The lowest BCUT2D eigenvalue weighted by molar-refractivity contribution is -0.138. The third-order valence-corrected chi connectivity index (χ3v) is 1.64. The lowest BCUT2D eigenvalue weighted by Crippen LogP contribution is -2.22. The number of nitrogens with two attached hydrogens (primary N) is 1. The highest BCUT2D eigenvalue weighted by Crippen LogP contribution is 2.28. The molecule has 84 valence electrons. The summed E-state index contributed by atoms with van der Waals surface area (Å²) in [5, 5.41) is 0. The molecule has 0 aliphatic carbocycles. The highest BCUT2D eigenvalue weighted by Gasteiger charge is 2.32. The van der Waals surface area contributed by atoms with Gasteiger partial charge in [-0.3, -0.25) is 4.98 Å². The van der Waals surface area contributed by atoms with E-state index in [2.05, 4.69) is 4.98 Å². The van der Waals surface area contributed by atoms with Crippen molar-refractivity contribution in [1.29, 1.82) is 0 Å². The zero-order chi connectivity index (χ0) is 11.6. The van der Waals surface area contributed by atoms with Gasteiger partial charge in [0, 0.05) is 6.07 Å². The van der Waals surface area contributed by atoms with Crippen molar-refractivity contribution in [3.63, 3.8) is 0 Å². The molecule has 0 aromatic carbocycles. The van der Waals surface area contributed by atoms with Gasteiger partial charge in [-0.2, -0.15) is 13.2 Å². The van der Waals surface area contributed by atoms with E-state index in [4.69, 9.17) is 5.73 Å². The van der Waals surface area contributed by atoms with Crippen LogP contribution in [0, 0.1) is 11.6 Å². The van der Waals surface area contributed by atoms with Gasteiger partial charge in [0.15, 0.2) is 0 Å². The van der Waals surface area contributed by atoms with Crippen LogP contribution in [-0.2, 0) is 0 Å². The molecule has 1 atom stereocenters. The topological polar surface area (TPSA) is 38.9 Å². The minimum atomic E-state index is -4.51. The Morgan fingerprint density at radius 3 is 2.40 bits per heavy atom. The van der Waals surface area contributed by atoms with Crippen molar-refractivity contribution < 1.29 is 22.0 Å². The van der Waals surface area contributed by atoms with Gasteiger partial charge in [-0.1, -0.05) is 0 Å². The van der Waals surface area contributed by atoms with E-state index in [1.165, 1.54) is 0 Å². The molecule has 0 aliphatic rings. The van der Waals surface area contributed by atoms with E-state index in [9.17, 15) is 22.0 Å². The molecule has 0 bridgehead atoms. The second kappa shape index (κ2) is 4.09. The number of alkyl halides is 3. The van der Waals surface area contributed by atoms with Crippen LogP contribution in [0.25, 0.3) is 0 Å². The van der Waals surface area contributed by atoms with Gasteiger partial charge in [-0.15, -0.1) is 0 Å². The molecular formula is C8H7F5N2. The summed E-state index contributed by atoms with van der Waals surface area (Å²) in [4.78, 5) is 3.19. The van der Waals surface area contributed by atoms with Gasteiger partial charge in [0.05, 0.1) is 24.4 Å². The first-order valence-corrected chi connectivity index (χ1v) is 3.93. The van der Waals surface area contributed by atoms with Crippen LogP contribution in [0.1, 0.15) is 18.2 Å². The molecule has 1 rings (SSSR count). The number of hydrogen-bond donors (Lipinski definition) is 1. The molecule has 2 nitrogen and oxygen atoms in total. The van der Waals surface area contributed by atoms with Crippen LogP contribution in [0.4, 0.5) is 22.0 Å². The average Bonchev–Trinajstić information content (AvgIpc) is 1.99. The molecule has 1 unspecified atom stereocenters. The zero-order valence-corrected chi connectivity index (χ0v) is 7.35. The second-order valence-electron chi connectivity index (χ2n) is 2.95. The van der Waals surface area contributed by atoms with Gasteiger partial charge in [-0.25, -0.2) is 8.78 Å². The number of halogens is 5. The smallest absolute Gasteiger partial charge is 0.322 e. The summed E-state index contributed by atoms with van der Waals surface area (Å²) in [5.41, 5.74) is 4.50. The fourth-order valence-electron chi connectivity index (χ4n) is 1.04. The van der Waals surface area contributed by atoms with Crippen LogP contribution in [-0.4, -0.2) is 11.2 Å². The van der Waals surface area contributed by atoms with Gasteiger partial charge >= 0.3 is 6.18 Å². The normalized spacial score (nSPS) is 14.0. The first-order chi connectivity index (χ1) is 6.79. The molecule has 0 saturated carbocycles. The monoisotopic (exact) mass is 226 g/mol. The summed E-state index contributed by atoms with van der Waals surface area (Å²) >= 11 is 0. The number of pyridine rings is 1. The molecule has 1 aromatic heterocycles. The van der Waals surface area contributed by atoms with Gasteiger partial charge in [0.1, 0.15) is 11.6 Å². The number of rotatable bonds is 2. The van der Waals surface area contributed by atoms with E-state index in [1.54, 1.807) is 0 Å². The fraction of sp³-hybridized carbons (Fsp3) is 0.375. The summed E-state index contributed by atoms with van der Waals surface area (Å²) in [5.74, 6) is -2.14. The first-order valence-electron chi connectivity index (χ1n) is 3.93. The maximum absolute atomic E-state index is 12.9. The fourth-order valence-corrected chi connectivity index (χ4v) is 1.04. The summed E-state index contributed by atoms with van der Waals surface area (Å²) in [6.07, 6.45) is -5.29. The van der Waals surface area contributed by atoms with E-state index >= 15 is 0 Å². The van der Waals surface area contributed by atoms with Crippen molar-refractivity contribution in [2.75, 3.05) is 0 Å². The summed E-state index contributed by atoms with van der Waals surface area (Å²) in [7, 11) is 0. The van der Waals surface area contributed by atoms with Crippen LogP contribution in [0.3, 0.4) is 0 Å². The third kappa shape index (κ3) is 3.43. The highest BCUT2D eigenvalue weighted by atomic mass is 19.4. The Morgan fingerprint density at radius 1 is 1.33 bits per heavy atom. The quantitative estimate of drug-likeness (QED) is 0.786. The van der Waals surface area contributed by atoms with E-state index in [0.717, 1.165) is 0 Å². The Labute approximate surface area is 81.9 Å². The predicted octanol–water partition coefficient (Wildman–Crippen LogP) is 2.31. The lowest BCUT2D eigenvalue weighted by atomic mass is 10.1. The van der Waals surface area contributed by atoms with Crippen LogP contribution in [0.2, 0.25) is 0 Å². The summed E-state index contributed by atoms with van der Waals surface area (Å²) < 4.78 is 61.0. The van der Waals surface area contributed by atoms with Crippen molar-refractivity contribution in [2.24, 2.45) is 5.73 Å². The predicted molar refractivity (Wildman–Crippen MR) is 41.8 cm³/mol. The molecule has 15 heavy (non-hydrogen) atoms. The number of aromatic nitrogens is 1. The van der Waals surface area contributed by atoms with Crippen LogP contribution >= 0.6 is 0 Å². The summed E-state index contributed by atoms with van der Waals surface area (Å²) in [6, 6.07) is -1.18. The van der Waals surface area contributed by atoms with Gasteiger partial charge in [0.2, 0.25) is 0 Å². The van der Waals surface area contributed by atoms with Crippen molar-refractivity contribution in [3.05, 3.63) is 29.6 Å². The van der Waals surface area contributed by atoms with E-state index in [0.29, 0.717) is 12.3 Å². The van der Waals surface area contributed by atoms with Gasteiger partial charge in [0.25, 0.3) is 0 Å². The van der Waals surface area contributed by atoms with Crippen LogP contribution in [0.15, 0.2) is 12.3 Å². The Bertz CT molecular complexity index is 349. The van der Waals surface area contributed by atoms with Gasteiger partial charge < -0.3 is 5.73 Å². The molecule has 0 spiro atoms. The maximum Gasteiger partial charge on any atom is 0.390 e. The minimum absolute atomic E-state index is 0.443. The average molecular weight is 226 g/mol. The van der Waals surface area contributed by atoms with Gasteiger partial charge in [-0.05, 0) is 0 Å². The molecule has 0 saturated heterocycles. The molecule has 7 heteroatoms. The van der Waals surface area contributed by atoms with Crippen molar-refractivity contribution in [2.45, 2.75) is 18.6 Å². The Kier molecular flexibility index (Phi) is 3.23. The molecule has 1 heterocycles. The highest BCUT2D eigenvalue weighted by molar-refractivity contribution is 5.12. The largest absolute Gasteiger partial charge is 0.390 e. The third-order valence-electron chi connectivity index (χ3n) is 1.64. The SMILES string of the molecule is NC(CC(F)(F)F)c1ncc(F)cc1F. The Hall–Kier alpha value is -1.24. The lowest BCUT2D eigenvalue weighted by Gasteiger charge is -2.13. The maximum atomic E-state index is 12.9. The molecule has 0 radical (unpaired) electrons. The standard InChI is InChI=1S/C8H7F5N2/c9-4-1-5(10)7(15-3-4)6(14)2-8(11,12)13/h1,3,6H,2,14H2. The van der Waals surface area contributed by atoms with Crippen molar-refractivity contribution >= 4 is 0 Å². The van der Waals surface area contributed by atoms with E-state index in [1.807, 2.05) is 0 Å². The number of hydrogen-bond acceptors (Lipinski definition) is 2. The Balaban J connectivity index is 2.87. The molecule has 1 aromatic rings.